The second kappa shape index (κ2) is 8.63. The summed E-state index contributed by atoms with van der Waals surface area (Å²) < 4.78 is 43.3. The Morgan fingerprint density at radius 2 is 1.43 bits per heavy atom. The fourth-order valence-corrected chi connectivity index (χ4v) is 5.62. The number of anilines is 2. The van der Waals surface area contributed by atoms with Crippen LogP contribution in [0.25, 0.3) is 0 Å². The third kappa shape index (κ3) is 4.24. The molecule has 1 heterocycles. The van der Waals surface area contributed by atoms with E-state index in [-0.39, 0.29) is 11.8 Å². The number of carbonyl (C=O) groups excluding carboxylic acids is 1. The Hall–Kier alpha value is -3.48. The molecule has 3 aromatic carbocycles. The summed E-state index contributed by atoms with van der Waals surface area (Å²) in [6, 6.07) is 21.0. The zero-order valence-electron chi connectivity index (χ0n) is 19.7. The highest BCUT2D eigenvalue weighted by Crippen LogP contribution is 2.55. The van der Waals surface area contributed by atoms with Gasteiger partial charge in [-0.1, -0.05) is 60.4 Å². The van der Waals surface area contributed by atoms with Gasteiger partial charge in [-0.05, 0) is 68.7 Å². The molecular formula is C28H27F3N2O2. The second-order valence-corrected chi connectivity index (χ2v) is 9.49. The molecule has 1 aliphatic carbocycles. The topological polar surface area (TPSA) is 32.8 Å². The largest absolute Gasteiger partial charge is 0.573 e. The van der Waals surface area contributed by atoms with Gasteiger partial charge < -0.3 is 4.74 Å². The first kappa shape index (κ1) is 23.3. The van der Waals surface area contributed by atoms with Gasteiger partial charge in [-0.25, -0.2) is 4.79 Å². The van der Waals surface area contributed by atoms with E-state index in [9.17, 15) is 18.0 Å². The summed E-state index contributed by atoms with van der Waals surface area (Å²) >= 11 is 0. The molecule has 1 saturated carbocycles. The highest BCUT2D eigenvalue weighted by molar-refractivity contribution is 6.09. The Bertz CT molecular complexity index is 1220. The van der Waals surface area contributed by atoms with Crippen LogP contribution >= 0.6 is 0 Å². The van der Waals surface area contributed by atoms with E-state index in [1.54, 1.807) is 17.0 Å². The lowest BCUT2D eigenvalue weighted by molar-refractivity contribution is -0.274. The number of hydrogen-bond acceptors (Lipinski definition) is 2. The summed E-state index contributed by atoms with van der Waals surface area (Å²) in [4.78, 5) is 17.8. The molecule has 0 N–H and O–H groups in total. The first-order valence-corrected chi connectivity index (χ1v) is 11.8. The molecular weight excluding hydrogens is 453 g/mol. The van der Waals surface area contributed by atoms with Crippen LogP contribution in [0.5, 0.6) is 5.75 Å². The predicted octanol–water partition coefficient (Wildman–Crippen LogP) is 7.70. The van der Waals surface area contributed by atoms with E-state index in [0.29, 0.717) is 11.3 Å². The lowest BCUT2D eigenvalue weighted by Gasteiger charge is -2.39. The Morgan fingerprint density at radius 3 is 2.00 bits per heavy atom. The van der Waals surface area contributed by atoms with E-state index >= 15 is 0 Å². The zero-order chi connectivity index (χ0) is 24.8. The highest BCUT2D eigenvalue weighted by Gasteiger charge is 2.59. The molecule has 182 valence electrons. The predicted molar refractivity (Wildman–Crippen MR) is 130 cm³/mol. The number of amides is 2. The standard InChI is InChI=1S/C28H27F3N2O2/c1-19-8-12-22(13-9-19)32-25(21-6-5-7-24(18-21)35-28(29,30)31)27(16-3-4-17-27)33(26(32)34)23-14-10-20(2)11-15-23/h5-15,18,25H,3-4,16-17H2,1-2H3/t25-/m0/s1. The first-order chi connectivity index (χ1) is 16.7. The number of hydrogen-bond donors (Lipinski definition) is 0. The summed E-state index contributed by atoms with van der Waals surface area (Å²) in [5.74, 6) is -0.284. The molecule has 0 radical (unpaired) electrons. The van der Waals surface area contributed by atoms with E-state index in [1.807, 2.05) is 67.3 Å². The van der Waals surface area contributed by atoms with Crippen molar-refractivity contribution in [2.75, 3.05) is 9.80 Å². The van der Waals surface area contributed by atoms with Crippen molar-refractivity contribution < 1.29 is 22.7 Å². The summed E-state index contributed by atoms with van der Waals surface area (Å²) in [5, 5.41) is 0. The lowest BCUT2D eigenvalue weighted by Crippen LogP contribution is -2.46. The number of urea groups is 1. The molecule has 2 aliphatic rings. The van der Waals surface area contributed by atoms with Crippen molar-refractivity contribution in [3.8, 4) is 5.75 Å². The zero-order valence-corrected chi connectivity index (χ0v) is 19.7. The fourth-order valence-electron chi connectivity index (χ4n) is 5.62. The lowest BCUT2D eigenvalue weighted by atomic mass is 9.82. The molecule has 1 aliphatic heterocycles. The van der Waals surface area contributed by atoms with Crippen LogP contribution in [-0.4, -0.2) is 17.9 Å². The smallest absolute Gasteiger partial charge is 0.406 e. The fraction of sp³-hybridized carbons (Fsp3) is 0.321. The van der Waals surface area contributed by atoms with Crippen LogP contribution in [0, 0.1) is 13.8 Å². The van der Waals surface area contributed by atoms with Gasteiger partial charge in [0.05, 0.1) is 11.6 Å². The average Bonchev–Trinajstić information content (AvgIpc) is 3.37. The summed E-state index contributed by atoms with van der Waals surface area (Å²) in [6.45, 7) is 3.97. The number of carbonyl (C=O) groups is 1. The molecule has 35 heavy (non-hydrogen) atoms. The summed E-state index contributed by atoms with van der Waals surface area (Å²) in [7, 11) is 0. The quantitative estimate of drug-likeness (QED) is 0.383. The Kier molecular flexibility index (Phi) is 5.74. The molecule has 7 heteroatoms. The number of nitrogens with zero attached hydrogens (tertiary/aromatic N) is 2. The van der Waals surface area contributed by atoms with Crippen molar-refractivity contribution in [2.24, 2.45) is 0 Å². The summed E-state index contributed by atoms with van der Waals surface area (Å²) in [6.07, 6.45) is -1.41. The normalized spacial score (nSPS) is 19.6. The van der Waals surface area contributed by atoms with Gasteiger partial charge >= 0.3 is 12.4 Å². The van der Waals surface area contributed by atoms with Crippen molar-refractivity contribution in [1.29, 1.82) is 0 Å². The SMILES string of the molecule is Cc1ccc(N2C(=O)N(c3ccc(C)cc3)C3(CCCC3)[C@@H]2c2cccc(OC(F)(F)F)c2)cc1. The maximum Gasteiger partial charge on any atom is 0.573 e. The van der Waals surface area contributed by atoms with Crippen LogP contribution in [0.3, 0.4) is 0 Å². The van der Waals surface area contributed by atoms with Crippen molar-refractivity contribution in [1.82, 2.24) is 0 Å². The van der Waals surface area contributed by atoms with Gasteiger partial charge in [-0.3, -0.25) is 9.80 Å². The van der Waals surface area contributed by atoms with Crippen LogP contribution in [0.1, 0.15) is 48.4 Å². The molecule has 0 aromatic heterocycles. The molecule has 3 aromatic rings. The van der Waals surface area contributed by atoms with Crippen LogP contribution in [0.2, 0.25) is 0 Å². The molecule has 1 atom stereocenters. The van der Waals surface area contributed by atoms with Crippen LogP contribution in [0.15, 0.2) is 72.8 Å². The van der Waals surface area contributed by atoms with Gasteiger partial charge in [0, 0.05) is 11.4 Å². The van der Waals surface area contributed by atoms with E-state index < -0.39 is 17.9 Å². The number of aryl methyl sites for hydroxylation is 2. The third-order valence-corrected chi connectivity index (χ3v) is 7.09. The van der Waals surface area contributed by atoms with E-state index in [0.717, 1.165) is 42.5 Å². The van der Waals surface area contributed by atoms with Crippen molar-refractivity contribution in [2.45, 2.75) is 57.5 Å². The van der Waals surface area contributed by atoms with Gasteiger partial charge in [0.25, 0.3) is 0 Å². The summed E-state index contributed by atoms with van der Waals surface area (Å²) in [5.41, 5.74) is 3.69. The molecule has 0 bridgehead atoms. The van der Waals surface area contributed by atoms with Gasteiger partial charge in [-0.2, -0.15) is 0 Å². The van der Waals surface area contributed by atoms with Crippen molar-refractivity contribution in [3.05, 3.63) is 89.5 Å². The van der Waals surface area contributed by atoms with E-state index in [1.165, 1.54) is 12.1 Å². The van der Waals surface area contributed by atoms with Crippen LogP contribution < -0.4 is 14.5 Å². The number of halogens is 3. The van der Waals surface area contributed by atoms with E-state index in [4.69, 9.17) is 0 Å². The van der Waals surface area contributed by atoms with Gasteiger partial charge in [0.1, 0.15) is 5.75 Å². The van der Waals surface area contributed by atoms with Crippen LogP contribution in [-0.2, 0) is 0 Å². The van der Waals surface area contributed by atoms with Crippen molar-refractivity contribution in [3.63, 3.8) is 0 Å². The average molecular weight is 481 g/mol. The molecule has 0 unspecified atom stereocenters. The maximum absolute atomic E-state index is 14.2. The number of alkyl halides is 3. The molecule has 2 amide bonds. The van der Waals surface area contributed by atoms with E-state index in [2.05, 4.69) is 4.74 Å². The minimum absolute atomic E-state index is 0.174. The van der Waals surface area contributed by atoms with Crippen LogP contribution in [0.4, 0.5) is 29.3 Å². The molecule has 1 saturated heterocycles. The number of benzene rings is 3. The molecule has 4 nitrogen and oxygen atoms in total. The monoisotopic (exact) mass is 480 g/mol. The maximum atomic E-state index is 14.2. The van der Waals surface area contributed by atoms with Crippen molar-refractivity contribution >= 4 is 17.4 Å². The Labute approximate surface area is 202 Å². The number of rotatable bonds is 4. The highest BCUT2D eigenvalue weighted by atomic mass is 19.4. The third-order valence-electron chi connectivity index (χ3n) is 7.09. The number of ether oxygens (including phenoxy) is 1. The first-order valence-electron chi connectivity index (χ1n) is 11.8. The Morgan fingerprint density at radius 1 is 0.857 bits per heavy atom. The minimum atomic E-state index is -4.79. The second-order valence-electron chi connectivity index (χ2n) is 9.49. The molecule has 1 spiro atoms. The Balaban J connectivity index is 1.69. The minimum Gasteiger partial charge on any atom is -0.406 e. The van der Waals surface area contributed by atoms with Gasteiger partial charge in [0.15, 0.2) is 0 Å². The molecule has 5 rings (SSSR count). The van der Waals surface area contributed by atoms with Gasteiger partial charge in [0.2, 0.25) is 0 Å². The van der Waals surface area contributed by atoms with Gasteiger partial charge in [-0.15, -0.1) is 13.2 Å². The molecule has 2 fully saturated rings.